The maximum Gasteiger partial charge on any atom is 0.221 e. The minimum absolute atomic E-state index is 0.0959. The molecule has 0 bridgehead atoms. The molecule has 0 saturated carbocycles. The van der Waals surface area contributed by atoms with Gasteiger partial charge in [-0.2, -0.15) is 5.10 Å². The number of carbonyl (C=O) groups is 1. The van der Waals surface area contributed by atoms with E-state index in [-0.39, 0.29) is 5.91 Å². The Morgan fingerprint density at radius 3 is 2.46 bits per heavy atom. The monoisotopic (exact) mass is 345 g/mol. The van der Waals surface area contributed by atoms with Gasteiger partial charge < -0.3 is 5.32 Å². The molecule has 1 amide bonds. The van der Waals surface area contributed by atoms with Gasteiger partial charge in [-0.05, 0) is 24.6 Å². The largest absolute Gasteiger partial charge is 0.326 e. The van der Waals surface area contributed by atoms with Crippen molar-refractivity contribution in [1.29, 1.82) is 0 Å². The molecule has 26 heavy (non-hydrogen) atoms. The quantitative estimate of drug-likeness (QED) is 0.544. The standard InChI is InChI=1S/C20H19N5O/c1-14-22-19(17-6-4-3-5-7-17)12-20(23-14)25-21-13-16-8-10-18(11-9-16)24-15(2)26/h3-13H,1-2H3,(H,24,26)(H,22,23,25)/b21-13+. The van der Waals surface area contributed by atoms with Crippen molar-refractivity contribution in [3.8, 4) is 11.3 Å². The molecule has 2 aromatic carbocycles. The molecule has 0 fully saturated rings. The van der Waals surface area contributed by atoms with Gasteiger partial charge in [-0.25, -0.2) is 9.97 Å². The number of benzene rings is 2. The molecule has 0 aliphatic carbocycles. The highest BCUT2D eigenvalue weighted by Crippen LogP contribution is 2.19. The third-order valence-corrected chi connectivity index (χ3v) is 3.53. The first-order valence-corrected chi connectivity index (χ1v) is 8.18. The molecule has 0 atom stereocenters. The highest BCUT2D eigenvalue weighted by molar-refractivity contribution is 5.89. The first-order valence-electron chi connectivity index (χ1n) is 8.18. The van der Waals surface area contributed by atoms with Gasteiger partial charge in [0, 0.05) is 24.2 Å². The Morgan fingerprint density at radius 2 is 1.77 bits per heavy atom. The number of hydrogen-bond donors (Lipinski definition) is 2. The molecule has 130 valence electrons. The number of carbonyl (C=O) groups excluding carboxylic acids is 1. The summed E-state index contributed by atoms with van der Waals surface area (Å²) in [6, 6.07) is 19.2. The molecule has 0 radical (unpaired) electrons. The van der Waals surface area contributed by atoms with Gasteiger partial charge in [0.05, 0.1) is 11.9 Å². The number of hydrogen-bond acceptors (Lipinski definition) is 5. The van der Waals surface area contributed by atoms with Crippen LogP contribution in [0.3, 0.4) is 0 Å². The van der Waals surface area contributed by atoms with Crippen molar-refractivity contribution < 1.29 is 4.79 Å². The van der Waals surface area contributed by atoms with Crippen molar-refractivity contribution in [1.82, 2.24) is 9.97 Å². The Bertz CT molecular complexity index is 921. The number of nitrogens with one attached hydrogen (secondary N) is 2. The van der Waals surface area contributed by atoms with Gasteiger partial charge in [0.15, 0.2) is 0 Å². The molecule has 1 heterocycles. The molecular weight excluding hydrogens is 326 g/mol. The minimum atomic E-state index is -0.0959. The van der Waals surface area contributed by atoms with Crippen LogP contribution in [0.4, 0.5) is 11.5 Å². The number of rotatable bonds is 5. The summed E-state index contributed by atoms with van der Waals surface area (Å²) < 4.78 is 0. The number of aromatic nitrogens is 2. The predicted octanol–water partition coefficient (Wildman–Crippen LogP) is 3.86. The van der Waals surface area contributed by atoms with Crippen LogP contribution >= 0.6 is 0 Å². The lowest BCUT2D eigenvalue weighted by Gasteiger charge is -2.06. The smallest absolute Gasteiger partial charge is 0.221 e. The Balaban J connectivity index is 1.70. The van der Waals surface area contributed by atoms with Crippen LogP contribution in [-0.2, 0) is 4.79 Å². The van der Waals surface area contributed by atoms with Crippen LogP contribution in [0.1, 0.15) is 18.3 Å². The summed E-state index contributed by atoms with van der Waals surface area (Å²) in [4.78, 5) is 19.8. The fourth-order valence-electron chi connectivity index (χ4n) is 2.41. The van der Waals surface area contributed by atoms with E-state index in [1.807, 2.05) is 67.6 Å². The van der Waals surface area contributed by atoms with Gasteiger partial charge in [-0.1, -0.05) is 42.5 Å². The van der Waals surface area contributed by atoms with Crippen LogP contribution in [-0.4, -0.2) is 22.1 Å². The van der Waals surface area contributed by atoms with Crippen molar-refractivity contribution in [3.63, 3.8) is 0 Å². The normalized spacial score (nSPS) is 10.7. The summed E-state index contributed by atoms with van der Waals surface area (Å²) in [7, 11) is 0. The first kappa shape index (κ1) is 17.3. The van der Waals surface area contributed by atoms with Crippen molar-refractivity contribution in [3.05, 3.63) is 72.1 Å². The van der Waals surface area contributed by atoms with E-state index in [0.29, 0.717) is 11.6 Å². The van der Waals surface area contributed by atoms with Gasteiger partial charge >= 0.3 is 0 Å². The fourth-order valence-corrected chi connectivity index (χ4v) is 2.41. The summed E-state index contributed by atoms with van der Waals surface area (Å²) in [5.41, 5.74) is 6.46. The van der Waals surface area contributed by atoms with Crippen molar-refractivity contribution in [2.45, 2.75) is 13.8 Å². The van der Waals surface area contributed by atoms with Crippen LogP contribution < -0.4 is 10.7 Å². The average Bonchev–Trinajstić information content (AvgIpc) is 2.63. The zero-order chi connectivity index (χ0) is 18.4. The molecule has 3 aromatic rings. The number of aryl methyl sites for hydroxylation is 1. The van der Waals surface area contributed by atoms with E-state index in [4.69, 9.17) is 0 Å². The van der Waals surface area contributed by atoms with E-state index in [9.17, 15) is 4.79 Å². The number of hydrazone groups is 1. The predicted molar refractivity (Wildman–Crippen MR) is 104 cm³/mol. The number of anilines is 2. The summed E-state index contributed by atoms with van der Waals surface area (Å²) in [5.74, 6) is 1.20. The lowest BCUT2D eigenvalue weighted by atomic mass is 10.1. The molecule has 0 unspecified atom stereocenters. The van der Waals surface area contributed by atoms with Crippen LogP contribution in [0, 0.1) is 6.92 Å². The zero-order valence-corrected chi connectivity index (χ0v) is 14.6. The second kappa shape index (κ2) is 8.02. The van der Waals surface area contributed by atoms with Gasteiger partial charge in [-0.3, -0.25) is 10.2 Å². The zero-order valence-electron chi connectivity index (χ0n) is 14.6. The highest BCUT2D eigenvalue weighted by Gasteiger charge is 2.03. The lowest BCUT2D eigenvalue weighted by Crippen LogP contribution is -2.05. The maximum absolute atomic E-state index is 11.0. The molecule has 0 aliphatic heterocycles. The van der Waals surface area contributed by atoms with E-state index < -0.39 is 0 Å². The molecule has 1 aromatic heterocycles. The number of amides is 1. The first-order chi connectivity index (χ1) is 12.6. The summed E-state index contributed by atoms with van der Waals surface area (Å²) in [6.45, 7) is 3.33. The third-order valence-electron chi connectivity index (χ3n) is 3.53. The second-order valence-electron chi connectivity index (χ2n) is 5.72. The fraction of sp³-hybridized carbons (Fsp3) is 0.100. The molecule has 0 saturated heterocycles. The Labute approximate surface area is 152 Å². The Morgan fingerprint density at radius 1 is 1.04 bits per heavy atom. The van der Waals surface area contributed by atoms with E-state index in [0.717, 1.165) is 22.5 Å². The van der Waals surface area contributed by atoms with E-state index in [1.54, 1.807) is 6.21 Å². The van der Waals surface area contributed by atoms with Crippen LogP contribution in [0.15, 0.2) is 65.8 Å². The summed E-state index contributed by atoms with van der Waals surface area (Å²) in [5, 5.41) is 6.95. The molecule has 0 aliphatic rings. The van der Waals surface area contributed by atoms with E-state index in [2.05, 4.69) is 25.8 Å². The van der Waals surface area contributed by atoms with Crippen LogP contribution in [0.5, 0.6) is 0 Å². The third kappa shape index (κ3) is 4.73. The van der Waals surface area contributed by atoms with Crippen molar-refractivity contribution in [2.24, 2.45) is 5.10 Å². The molecular formula is C20H19N5O. The van der Waals surface area contributed by atoms with E-state index in [1.165, 1.54) is 6.92 Å². The maximum atomic E-state index is 11.0. The second-order valence-corrected chi connectivity index (χ2v) is 5.72. The van der Waals surface area contributed by atoms with Crippen molar-refractivity contribution >= 4 is 23.6 Å². The van der Waals surface area contributed by atoms with Gasteiger partial charge in [-0.15, -0.1) is 0 Å². The molecule has 6 heteroatoms. The van der Waals surface area contributed by atoms with Crippen LogP contribution in [0.2, 0.25) is 0 Å². The molecule has 2 N–H and O–H groups in total. The lowest BCUT2D eigenvalue weighted by molar-refractivity contribution is -0.114. The minimum Gasteiger partial charge on any atom is -0.326 e. The molecule has 0 spiro atoms. The van der Waals surface area contributed by atoms with Gasteiger partial charge in [0.1, 0.15) is 11.6 Å². The van der Waals surface area contributed by atoms with Crippen molar-refractivity contribution in [2.75, 3.05) is 10.7 Å². The van der Waals surface area contributed by atoms with Gasteiger partial charge in [0.2, 0.25) is 5.91 Å². The molecule has 6 nitrogen and oxygen atoms in total. The molecule has 3 rings (SSSR count). The summed E-state index contributed by atoms with van der Waals surface area (Å²) in [6.07, 6.45) is 1.69. The van der Waals surface area contributed by atoms with Crippen LogP contribution in [0.25, 0.3) is 11.3 Å². The van der Waals surface area contributed by atoms with Gasteiger partial charge in [0.25, 0.3) is 0 Å². The summed E-state index contributed by atoms with van der Waals surface area (Å²) >= 11 is 0. The SMILES string of the molecule is CC(=O)Nc1ccc(/C=N/Nc2cc(-c3ccccc3)nc(C)n2)cc1. The highest BCUT2D eigenvalue weighted by atomic mass is 16.1. The topological polar surface area (TPSA) is 79.3 Å². The Kier molecular flexibility index (Phi) is 5.34. The average molecular weight is 345 g/mol. The number of nitrogens with zero attached hydrogens (tertiary/aromatic N) is 3. The van der Waals surface area contributed by atoms with E-state index >= 15 is 0 Å². The Hall–Kier alpha value is -3.54.